The summed E-state index contributed by atoms with van der Waals surface area (Å²) in [5.74, 6) is -2.03. The van der Waals surface area contributed by atoms with Crippen molar-refractivity contribution >= 4 is 23.2 Å². The highest BCUT2D eigenvalue weighted by Crippen LogP contribution is 2.37. The van der Waals surface area contributed by atoms with Crippen molar-refractivity contribution in [2.75, 3.05) is 5.32 Å². The van der Waals surface area contributed by atoms with Crippen molar-refractivity contribution in [1.82, 2.24) is 25.8 Å². The molecular weight excluding hydrogens is 484 g/mol. The Labute approximate surface area is 201 Å². The van der Waals surface area contributed by atoms with E-state index in [-0.39, 0.29) is 29.0 Å². The summed E-state index contributed by atoms with van der Waals surface area (Å²) in [5.41, 5.74) is -2.20. The lowest BCUT2D eigenvalue weighted by Gasteiger charge is -2.18. The van der Waals surface area contributed by atoms with Crippen molar-refractivity contribution in [2.24, 2.45) is 0 Å². The van der Waals surface area contributed by atoms with E-state index in [9.17, 15) is 31.9 Å². The van der Waals surface area contributed by atoms with E-state index in [1.807, 2.05) is 0 Å². The van der Waals surface area contributed by atoms with Gasteiger partial charge in [-0.3, -0.25) is 19.4 Å². The molecule has 188 valence electrons. The number of amides is 2. The molecule has 4 rings (SSSR count). The van der Waals surface area contributed by atoms with Crippen molar-refractivity contribution in [3.05, 3.63) is 81.3 Å². The van der Waals surface area contributed by atoms with Crippen LogP contribution in [0.5, 0.6) is 0 Å². The van der Waals surface area contributed by atoms with Crippen LogP contribution in [0.15, 0.2) is 47.5 Å². The average molecular weight is 504 g/mol. The van der Waals surface area contributed by atoms with Crippen molar-refractivity contribution in [3.8, 4) is 0 Å². The van der Waals surface area contributed by atoms with Gasteiger partial charge in [0.2, 0.25) is 5.91 Å². The van der Waals surface area contributed by atoms with Crippen LogP contribution >= 0.6 is 0 Å². The number of hydrogen-bond donors (Lipinski definition) is 4. The third-order valence-corrected chi connectivity index (χ3v) is 5.71. The molecule has 0 aliphatic heterocycles. The van der Waals surface area contributed by atoms with E-state index >= 15 is 0 Å². The quantitative estimate of drug-likeness (QED) is 0.366. The maximum atomic E-state index is 13.3. The molecule has 1 aliphatic rings. The number of hydrogen-bond acceptors (Lipinski definition) is 6. The summed E-state index contributed by atoms with van der Waals surface area (Å²) < 4.78 is 52.8. The number of alkyl halides is 3. The molecule has 3 aromatic rings. The van der Waals surface area contributed by atoms with Crippen LogP contribution < -0.4 is 21.5 Å². The second-order valence-corrected chi connectivity index (χ2v) is 8.31. The molecule has 36 heavy (non-hydrogen) atoms. The summed E-state index contributed by atoms with van der Waals surface area (Å²) in [6, 6.07) is 5.27. The number of carbonyl (C=O) groups is 2. The van der Waals surface area contributed by atoms with Gasteiger partial charge in [0.05, 0.1) is 47.1 Å². The third-order valence-electron chi connectivity index (χ3n) is 5.71. The second kappa shape index (κ2) is 9.40. The van der Waals surface area contributed by atoms with E-state index in [1.54, 1.807) is 0 Å². The van der Waals surface area contributed by atoms with Gasteiger partial charge >= 0.3 is 6.18 Å². The number of H-pyrrole nitrogens is 1. The molecule has 13 heteroatoms. The van der Waals surface area contributed by atoms with E-state index in [4.69, 9.17) is 0 Å². The minimum absolute atomic E-state index is 0.00662. The monoisotopic (exact) mass is 504 g/mol. The Morgan fingerprint density at radius 1 is 1.14 bits per heavy atom. The Hall–Kier alpha value is -4.29. The molecule has 0 unspecified atom stereocenters. The van der Waals surface area contributed by atoms with Gasteiger partial charge in [-0.25, -0.2) is 9.49 Å². The van der Waals surface area contributed by atoms with Crippen LogP contribution in [0.3, 0.4) is 0 Å². The summed E-state index contributed by atoms with van der Waals surface area (Å²) in [7, 11) is 0. The van der Waals surface area contributed by atoms with Gasteiger partial charge in [0.1, 0.15) is 11.4 Å². The van der Waals surface area contributed by atoms with Gasteiger partial charge in [-0.05, 0) is 50.1 Å². The first kappa shape index (κ1) is 24.8. The molecule has 4 N–H and O–H groups in total. The van der Waals surface area contributed by atoms with Crippen LogP contribution in [0.4, 0.5) is 28.9 Å². The maximum absolute atomic E-state index is 13.3. The first-order chi connectivity index (χ1) is 17.0. The number of aromatic amines is 1. The molecule has 2 amide bonds. The third kappa shape index (κ3) is 5.34. The van der Waals surface area contributed by atoms with Gasteiger partial charge in [-0.1, -0.05) is 0 Å². The van der Waals surface area contributed by atoms with E-state index in [0.29, 0.717) is 24.6 Å². The smallest absolute Gasteiger partial charge is 0.354 e. The van der Waals surface area contributed by atoms with Crippen LogP contribution in [0, 0.1) is 12.7 Å². The average Bonchev–Trinajstić information content (AvgIpc) is 3.61. The largest absolute Gasteiger partial charge is 0.418 e. The minimum atomic E-state index is -4.75. The predicted molar refractivity (Wildman–Crippen MR) is 120 cm³/mol. The predicted octanol–water partition coefficient (Wildman–Crippen LogP) is 2.95. The zero-order chi connectivity index (χ0) is 26.1. The van der Waals surface area contributed by atoms with Crippen LogP contribution in [0.2, 0.25) is 0 Å². The SMILES string of the molecule is Cc1c(C(=O)NC2(C(=O)NCc3ccc(Nc4ccc(F)cc4C(F)(F)F)cn3)CC2)cn[nH]c1=O. The highest BCUT2D eigenvalue weighted by atomic mass is 19.4. The number of anilines is 2. The van der Waals surface area contributed by atoms with Gasteiger partial charge in [-0.15, -0.1) is 0 Å². The highest BCUT2D eigenvalue weighted by Gasteiger charge is 2.51. The number of nitrogens with zero attached hydrogens (tertiary/aromatic N) is 2. The molecule has 2 heterocycles. The Kier molecular flexibility index (Phi) is 6.48. The van der Waals surface area contributed by atoms with Crippen molar-refractivity contribution in [1.29, 1.82) is 0 Å². The molecule has 2 aromatic heterocycles. The number of halogens is 4. The van der Waals surface area contributed by atoms with Gasteiger partial charge in [0.15, 0.2) is 0 Å². The minimum Gasteiger partial charge on any atom is -0.354 e. The Morgan fingerprint density at radius 3 is 2.53 bits per heavy atom. The van der Waals surface area contributed by atoms with Gasteiger partial charge in [0, 0.05) is 5.56 Å². The van der Waals surface area contributed by atoms with Crippen LogP contribution in [0.25, 0.3) is 0 Å². The summed E-state index contributed by atoms with van der Waals surface area (Å²) in [5, 5.41) is 13.7. The first-order valence-corrected chi connectivity index (χ1v) is 10.7. The molecule has 1 aromatic carbocycles. The Morgan fingerprint density at radius 2 is 1.89 bits per heavy atom. The van der Waals surface area contributed by atoms with E-state index < -0.39 is 40.5 Å². The lowest BCUT2D eigenvalue weighted by molar-refractivity contribution is -0.137. The summed E-state index contributed by atoms with van der Waals surface area (Å²) in [6.07, 6.45) is -1.43. The van der Waals surface area contributed by atoms with Crippen LogP contribution in [-0.2, 0) is 17.5 Å². The molecule has 0 radical (unpaired) electrons. The summed E-state index contributed by atoms with van der Waals surface area (Å²) in [4.78, 5) is 41.0. The normalized spacial score (nSPS) is 14.1. The van der Waals surface area contributed by atoms with Gasteiger partial charge in [0.25, 0.3) is 11.5 Å². The fourth-order valence-electron chi connectivity index (χ4n) is 3.46. The van der Waals surface area contributed by atoms with E-state index in [0.717, 1.165) is 12.1 Å². The zero-order valence-corrected chi connectivity index (χ0v) is 18.8. The second-order valence-electron chi connectivity index (χ2n) is 8.31. The number of aromatic nitrogens is 3. The molecule has 1 fully saturated rings. The maximum Gasteiger partial charge on any atom is 0.418 e. The molecule has 1 aliphatic carbocycles. The zero-order valence-electron chi connectivity index (χ0n) is 18.8. The van der Waals surface area contributed by atoms with Crippen LogP contribution in [0.1, 0.15) is 40.0 Å². The molecule has 0 bridgehead atoms. The van der Waals surface area contributed by atoms with Gasteiger partial charge in [-0.2, -0.15) is 18.3 Å². The van der Waals surface area contributed by atoms with Gasteiger partial charge < -0.3 is 16.0 Å². The fourth-order valence-corrected chi connectivity index (χ4v) is 3.46. The Balaban J connectivity index is 1.37. The van der Waals surface area contributed by atoms with Crippen molar-refractivity contribution in [2.45, 2.75) is 38.0 Å². The molecule has 0 saturated heterocycles. The lowest BCUT2D eigenvalue weighted by atomic mass is 10.1. The van der Waals surface area contributed by atoms with E-state index in [1.165, 1.54) is 31.5 Å². The number of carbonyl (C=O) groups excluding carboxylic acids is 2. The summed E-state index contributed by atoms with van der Waals surface area (Å²) >= 11 is 0. The van der Waals surface area contributed by atoms with E-state index in [2.05, 4.69) is 31.1 Å². The topological polar surface area (TPSA) is 129 Å². The number of pyridine rings is 1. The fraction of sp³-hybridized carbons (Fsp3) is 0.261. The van der Waals surface area contributed by atoms with Crippen molar-refractivity contribution in [3.63, 3.8) is 0 Å². The molecular formula is C23H20F4N6O3. The first-order valence-electron chi connectivity index (χ1n) is 10.7. The molecule has 1 saturated carbocycles. The highest BCUT2D eigenvalue weighted by molar-refractivity contribution is 6.01. The molecule has 0 atom stereocenters. The number of benzene rings is 1. The summed E-state index contributed by atoms with van der Waals surface area (Å²) in [6.45, 7) is 1.48. The molecule has 0 spiro atoms. The number of rotatable bonds is 7. The lowest BCUT2D eigenvalue weighted by Crippen LogP contribution is -2.49. The molecule has 9 nitrogen and oxygen atoms in total. The number of nitrogens with one attached hydrogen (secondary N) is 4. The Bertz CT molecular complexity index is 1370. The van der Waals surface area contributed by atoms with Crippen molar-refractivity contribution < 1.29 is 27.2 Å². The standard InChI is InChI=1S/C23H20F4N6O3/c1-12-16(11-30-33-19(12)34)20(35)32-22(6-7-22)21(36)29-9-14-3-4-15(10-28-14)31-18-5-2-13(24)8-17(18)23(25,26)27/h2-5,8,10-11,31H,6-7,9H2,1H3,(H,29,36)(H,32,35)(H,33,34). The van der Waals surface area contributed by atoms with Crippen LogP contribution in [-0.4, -0.2) is 32.5 Å².